The molecule has 0 aliphatic carbocycles. The normalized spacial score (nSPS) is 12.4. The molecule has 12 heteroatoms. The van der Waals surface area contributed by atoms with Crippen LogP contribution in [0.15, 0.2) is 103 Å². The summed E-state index contributed by atoms with van der Waals surface area (Å²) in [4.78, 5) is 58.9. The fourth-order valence-electron chi connectivity index (χ4n) is 7.53. The predicted molar refractivity (Wildman–Crippen MR) is 231 cm³/mol. The molecule has 7 rings (SSSR count). The molecule has 0 aliphatic heterocycles. The fraction of sp³-hybridized carbons (Fsp3) is 0.298. The summed E-state index contributed by atoms with van der Waals surface area (Å²) >= 11 is 0. The van der Waals surface area contributed by atoms with Crippen molar-refractivity contribution >= 4 is 50.5 Å². The molecule has 0 aliphatic rings. The molecule has 0 fully saturated rings. The standard InChI is InChI=1S/C47H51N7O5/c1-6-21-53(43(55)23-31-11-9-8-10-12-31)28-41-48-27-40(50-41)37-16-15-33-24-32(13-14-34(33)26-37)35-17-19-38-36(25-35)18-20-39-45(38)51-42(49-39)29-54(22-7-2)46(56)44(30(3)58-4)52-47(57)59-5/h8-20,24-27,30,44H,6-7,21-23,28-29H2,1-5H3,(H,48,50)(H,49,51)(H,52,57)/t30-,44+/m1/s1. The molecular formula is C47H51N7O5. The lowest BCUT2D eigenvalue weighted by molar-refractivity contribution is -0.137. The number of alkyl carbamates (subject to hydrolysis) is 1. The van der Waals surface area contributed by atoms with E-state index >= 15 is 0 Å². The van der Waals surface area contributed by atoms with Gasteiger partial charge in [0.15, 0.2) is 0 Å². The van der Waals surface area contributed by atoms with Crippen molar-refractivity contribution in [3.8, 4) is 22.4 Å². The van der Waals surface area contributed by atoms with Crippen molar-refractivity contribution in [3.63, 3.8) is 0 Å². The number of aromatic nitrogens is 4. The number of benzene rings is 5. The Bertz CT molecular complexity index is 2580. The van der Waals surface area contributed by atoms with E-state index in [0.717, 1.165) is 79.2 Å². The van der Waals surface area contributed by atoms with E-state index < -0.39 is 18.2 Å². The third-order valence-electron chi connectivity index (χ3n) is 10.7. The third kappa shape index (κ3) is 9.29. The molecule has 7 aromatic rings. The second-order valence-electron chi connectivity index (χ2n) is 14.9. The number of carbonyl (C=O) groups is 3. The molecule has 2 atom stereocenters. The van der Waals surface area contributed by atoms with Crippen LogP contribution in [-0.4, -0.2) is 87.1 Å². The van der Waals surface area contributed by atoms with E-state index in [0.29, 0.717) is 31.9 Å². The van der Waals surface area contributed by atoms with Gasteiger partial charge in [-0.2, -0.15) is 0 Å². The number of imidazole rings is 2. The maximum Gasteiger partial charge on any atom is 0.407 e. The Morgan fingerprint density at radius 1 is 0.746 bits per heavy atom. The Balaban J connectivity index is 1.07. The summed E-state index contributed by atoms with van der Waals surface area (Å²) in [6.07, 6.45) is 2.54. The van der Waals surface area contributed by atoms with Crippen LogP contribution >= 0.6 is 0 Å². The number of H-pyrrole nitrogens is 2. The first-order valence-corrected chi connectivity index (χ1v) is 20.2. The number of nitrogens with one attached hydrogen (secondary N) is 3. The lowest BCUT2D eigenvalue weighted by Gasteiger charge is -2.29. The lowest BCUT2D eigenvalue weighted by Crippen LogP contribution is -2.54. The molecule has 0 bridgehead atoms. The van der Waals surface area contributed by atoms with Crippen molar-refractivity contribution < 1.29 is 23.9 Å². The van der Waals surface area contributed by atoms with E-state index in [1.54, 1.807) is 11.8 Å². The molecule has 0 spiro atoms. The molecule has 2 aromatic heterocycles. The first-order chi connectivity index (χ1) is 28.7. The molecule has 0 saturated heterocycles. The predicted octanol–water partition coefficient (Wildman–Crippen LogP) is 8.41. The van der Waals surface area contributed by atoms with Crippen molar-refractivity contribution in [1.29, 1.82) is 0 Å². The Hall–Kier alpha value is -6.53. The number of methoxy groups -OCH3 is 2. The summed E-state index contributed by atoms with van der Waals surface area (Å²) in [6, 6.07) is 32.3. The number of ether oxygens (including phenoxy) is 2. The highest BCUT2D eigenvalue weighted by Crippen LogP contribution is 2.32. The topological polar surface area (TPSA) is 146 Å². The van der Waals surface area contributed by atoms with Gasteiger partial charge in [-0.15, -0.1) is 0 Å². The smallest absolute Gasteiger partial charge is 0.407 e. The lowest BCUT2D eigenvalue weighted by atomic mass is 9.97. The Kier molecular flexibility index (Phi) is 12.7. The molecule has 0 radical (unpaired) electrons. The molecular weight excluding hydrogens is 743 g/mol. The maximum absolute atomic E-state index is 13.7. The van der Waals surface area contributed by atoms with Crippen LogP contribution in [0.25, 0.3) is 55.0 Å². The summed E-state index contributed by atoms with van der Waals surface area (Å²) in [5.74, 6) is 1.22. The fourth-order valence-corrected chi connectivity index (χ4v) is 7.53. The number of hydrogen-bond acceptors (Lipinski definition) is 7. The van der Waals surface area contributed by atoms with E-state index in [9.17, 15) is 14.4 Å². The quantitative estimate of drug-likeness (QED) is 0.0891. The van der Waals surface area contributed by atoms with Crippen molar-refractivity contribution in [2.24, 2.45) is 0 Å². The largest absolute Gasteiger partial charge is 0.453 e. The minimum atomic E-state index is -0.916. The number of carbonyl (C=O) groups excluding carboxylic acids is 3. The highest BCUT2D eigenvalue weighted by molar-refractivity contribution is 6.05. The Morgan fingerprint density at radius 3 is 2.10 bits per heavy atom. The van der Waals surface area contributed by atoms with Crippen LogP contribution in [-0.2, 0) is 38.6 Å². The van der Waals surface area contributed by atoms with Gasteiger partial charge >= 0.3 is 6.09 Å². The summed E-state index contributed by atoms with van der Waals surface area (Å²) in [5, 5.41) is 6.91. The zero-order valence-electron chi connectivity index (χ0n) is 34.2. The first kappa shape index (κ1) is 40.7. The van der Waals surface area contributed by atoms with Crippen LogP contribution in [0.4, 0.5) is 4.79 Å². The molecule has 59 heavy (non-hydrogen) atoms. The number of nitrogens with zero attached hydrogens (tertiary/aromatic N) is 4. The number of amides is 3. The van der Waals surface area contributed by atoms with E-state index in [1.165, 1.54) is 14.2 Å². The molecule has 5 aromatic carbocycles. The summed E-state index contributed by atoms with van der Waals surface area (Å²) in [7, 11) is 2.76. The van der Waals surface area contributed by atoms with E-state index in [4.69, 9.17) is 14.5 Å². The van der Waals surface area contributed by atoms with Crippen LogP contribution in [0.5, 0.6) is 0 Å². The van der Waals surface area contributed by atoms with Gasteiger partial charge in [-0.1, -0.05) is 86.6 Å². The maximum atomic E-state index is 13.7. The van der Waals surface area contributed by atoms with Crippen molar-refractivity contribution in [2.45, 2.75) is 65.3 Å². The average molecular weight is 794 g/mol. The minimum Gasteiger partial charge on any atom is -0.453 e. The van der Waals surface area contributed by atoms with Gasteiger partial charge in [0.2, 0.25) is 11.8 Å². The third-order valence-corrected chi connectivity index (χ3v) is 10.7. The SMILES string of the molecule is CCCN(Cc1ncc(-c2ccc3cc(-c4ccc5c(ccc6[nH]c(CN(CCC)C(=O)[C@@H](NC(=O)OC)[C@@H](C)OC)nc65)c4)ccc3c2)[nH]1)C(=O)Cc1ccccc1. The second kappa shape index (κ2) is 18.4. The van der Waals surface area contributed by atoms with Crippen LogP contribution < -0.4 is 5.32 Å². The molecule has 0 saturated carbocycles. The van der Waals surface area contributed by atoms with Crippen molar-refractivity contribution in [1.82, 2.24) is 35.1 Å². The molecule has 0 unspecified atom stereocenters. The van der Waals surface area contributed by atoms with Gasteiger partial charge in [-0.3, -0.25) is 9.59 Å². The second-order valence-corrected chi connectivity index (χ2v) is 14.9. The first-order valence-electron chi connectivity index (χ1n) is 20.2. The van der Waals surface area contributed by atoms with E-state index in [2.05, 4.69) is 87.9 Å². The molecule has 304 valence electrons. The van der Waals surface area contributed by atoms with Gasteiger partial charge in [-0.25, -0.2) is 14.8 Å². The zero-order valence-corrected chi connectivity index (χ0v) is 34.2. The van der Waals surface area contributed by atoms with Gasteiger partial charge in [0.1, 0.15) is 17.7 Å². The van der Waals surface area contributed by atoms with Crippen LogP contribution in [0.3, 0.4) is 0 Å². The highest BCUT2D eigenvalue weighted by Gasteiger charge is 2.31. The number of rotatable bonds is 16. The molecule has 3 N–H and O–H groups in total. The Morgan fingerprint density at radius 2 is 1.39 bits per heavy atom. The summed E-state index contributed by atoms with van der Waals surface area (Å²) in [6.45, 7) is 7.63. The van der Waals surface area contributed by atoms with Gasteiger partial charge in [0, 0.05) is 31.1 Å². The van der Waals surface area contributed by atoms with Gasteiger partial charge in [0.25, 0.3) is 0 Å². The van der Waals surface area contributed by atoms with Crippen LogP contribution in [0.2, 0.25) is 0 Å². The molecule has 12 nitrogen and oxygen atoms in total. The highest BCUT2D eigenvalue weighted by atomic mass is 16.5. The van der Waals surface area contributed by atoms with E-state index in [1.807, 2.05) is 54.4 Å². The summed E-state index contributed by atoms with van der Waals surface area (Å²) < 4.78 is 10.2. The number of aromatic amines is 2. The van der Waals surface area contributed by atoms with Gasteiger partial charge in [-0.05, 0) is 76.9 Å². The van der Waals surface area contributed by atoms with Crippen molar-refractivity contribution in [3.05, 3.63) is 120 Å². The molecule has 3 amide bonds. The number of fused-ring (bicyclic) bond motifs is 4. The monoisotopic (exact) mass is 793 g/mol. The molecule has 2 heterocycles. The average Bonchev–Trinajstić information content (AvgIpc) is 3.91. The van der Waals surface area contributed by atoms with Crippen LogP contribution in [0.1, 0.15) is 50.8 Å². The Labute approximate surface area is 343 Å². The van der Waals surface area contributed by atoms with Crippen molar-refractivity contribution in [2.75, 3.05) is 27.3 Å². The van der Waals surface area contributed by atoms with E-state index in [-0.39, 0.29) is 18.4 Å². The van der Waals surface area contributed by atoms with Gasteiger partial charge < -0.3 is 34.6 Å². The van der Waals surface area contributed by atoms with Gasteiger partial charge in [0.05, 0.1) is 55.6 Å². The summed E-state index contributed by atoms with van der Waals surface area (Å²) in [5.41, 5.74) is 6.83. The zero-order chi connectivity index (χ0) is 41.5. The number of hydrogen-bond donors (Lipinski definition) is 3. The minimum absolute atomic E-state index is 0.0895. The van der Waals surface area contributed by atoms with Crippen LogP contribution in [0, 0.1) is 0 Å².